The lowest BCUT2D eigenvalue weighted by Crippen LogP contribution is -2.32. The highest BCUT2D eigenvalue weighted by Crippen LogP contribution is 2.31. The fraction of sp³-hybridized carbons (Fsp3) is 0.0476. The standard InChI is InChI=1S/C21H15ClN2O3/c1-26-19-7-3-2-6-17(19)20-23-18(13-16-5-4-12-27-16)21(25)24(20)15-10-8-14(22)9-11-15/h2-13H,1H3/b18-13+. The average Bonchev–Trinajstić information content (AvgIpc) is 3.31. The molecule has 27 heavy (non-hydrogen) atoms. The molecule has 2 aromatic carbocycles. The summed E-state index contributed by atoms with van der Waals surface area (Å²) in [6.45, 7) is 0. The van der Waals surface area contributed by atoms with Crippen LogP contribution >= 0.6 is 11.6 Å². The third kappa shape index (κ3) is 3.25. The first-order valence-corrected chi connectivity index (χ1v) is 8.62. The van der Waals surface area contributed by atoms with Gasteiger partial charge in [-0.1, -0.05) is 23.7 Å². The predicted octanol–water partition coefficient (Wildman–Crippen LogP) is 4.78. The number of hydrogen-bond acceptors (Lipinski definition) is 4. The van der Waals surface area contributed by atoms with E-state index in [1.54, 1.807) is 60.7 Å². The van der Waals surface area contributed by atoms with Gasteiger partial charge in [0.05, 0.1) is 24.6 Å². The Hall–Kier alpha value is -3.31. The van der Waals surface area contributed by atoms with Crippen LogP contribution in [-0.4, -0.2) is 18.9 Å². The maximum absolute atomic E-state index is 13.1. The fourth-order valence-electron chi connectivity index (χ4n) is 2.86. The molecule has 0 aliphatic carbocycles. The molecule has 6 heteroatoms. The molecule has 1 amide bonds. The van der Waals surface area contributed by atoms with Crippen molar-refractivity contribution >= 4 is 35.1 Å². The van der Waals surface area contributed by atoms with E-state index in [0.717, 1.165) is 0 Å². The highest BCUT2D eigenvalue weighted by atomic mass is 35.5. The third-order valence-electron chi connectivity index (χ3n) is 4.12. The van der Waals surface area contributed by atoms with Crippen LogP contribution in [0.15, 0.2) is 82.0 Å². The summed E-state index contributed by atoms with van der Waals surface area (Å²) in [6, 6.07) is 18.0. The third-order valence-corrected chi connectivity index (χ3v) is 4.37. The first-order chi connectivity index (χ1) is 13.2. The molecule has 0 radical (unpaired) electrons. The number of halogens is 1. The van der Waals surface area contributed by atoms with Crippen LogP contribution in [0.4, 0.5) is 5.69 Å². The first kappa shape index (κ1) is 17.1. The number of anilines is 1. The molecule has 134 valence electrons. The minimum absolute atomic E-state index is 0.255. The van der Waals surface area contributed by atoms with Gasteiger partial charge in [-0.05, 0) is 48.5 Å². The summed E-state index contributed by atoms with van der Waals surface area (Å²) >= 11 is 6.00. The number of carbonyl (C=O) groups excluding carboxylic acids is 1. The molecular formula is C21H15ClN2O3. The van der Waals surface area contributed by atoms with Crippen molar-refractivity contribution in [1.29, 1.82) is 0 Å². The summed E-state index contributed by atoms with van der Waals surface area (Å²) < 4.78 is 10.8. The van der Waals surface area contributed by atoms with Gasteiger partial charge in [0.1, 0.15) is 17.2 Å². The van der Waals surface area contributed by atoms with Crippen molar-refractivity contribution in [2.45, 2.75) is 0 Å². The highest BCUT2D eigenvalue weighted by molar-refractivity contribution is 6.34. The number of rotatable bonds is 4. The highest BCUT2D eigenvalue weighted by Gasteiger charge is 2.34. The number of amidine groups is 1. The monoisotopic (exact) mass is 378 g/mol. The number of methoxy groups -OCH3 is 1. The van der Waals surface area contributed by atoms with E-state index in [2.05, 4.69) is 4.99 Å². The molecule has 1 aliphatic heterocycles. The summed E-state index contributed by atoms with van der Waals surface area (Å²) in [5.41, 5.74) is 1.66. The van der Waals surface area contributed by atoms with Gasteiger partial charge in [-0.25, -0.2) is 4.99 Å². The number of benzene rings is 2. The van der Waals surface area contributed by atoms with E-state index in [4.69, 9.17) is 20.8 Å². The van der Waals surface area contributed by atoms with Gasteiger partial charge < -0.3 is 9.15 Å². The zero-order valence-electron chi connectivity index (χ0n) is 14.4. The molecule has 0 spiro atoms. The topological polar surface area (TPSA) is 55.0 Å². The van der Waals surface area contributed by atoms with Gasteiger partial charge in [0.15, 0.2) is 5.84 Å². The van der Waals surface area contributed by atoms with Crippen LogP contribution in [-0.2, 0) is 4.79 Å². The van der Waals surface area contributed by atoms with Crippen molar-refractivity contribution in [2.24, 2.45) is 4.99 Å². The Labute approximate surface area is 161 Å². The minimum Gasteiger partial charge on any atom is -0.496 e. The molecular weight excluding hydrogens is 364 g/mol. The van der Waals surface area contributed by atoms with Gasteiger partial charge in [-0.2, -0.15) is 0 Å². The number of nitrogens with zero attached hydrogens (tertiary/aromatic N) is 2. The summed E-state index contributed by atoms with van der Waals surface area (Å²) in [4.78, 5) is 19.3. The van der Waals surface area contributed by atoms with Crippen molar-refractivity contribution in [2.75, 3.05) is 12.0 Å². The Balaban J connectivity index is 1.86. The zero-order valence-corrected chi connectivity index (χ0v) is 15.2. The fourth-order valence-corrected chi connectivity index (χ4v) is 2.99. The van der Waals surface area contributed by atoms with Gasteiger partial charge in [-0.3, -0.25) is 9.69 Å². The van der Waals surface area contributed by atoms with Gasteiger partial charge >= 0.3 is 0 Å². The Bertz CT molecular complexity index is 1040. The van der Waals surface area contributed by atoms with Crippen LogP contribution in [0.25, 0.3) is 6.08 Å². The van der Waals surface area contributed by atoms with Crippen molar-refractivity contribution < 1.29 is 13.9 Å². The van der Waals surface area contributed by atoms with E-state index in [-0.39, 0.29) is 11.6 Å². The summed E-state index contributed by atoms with van der Waals surface area (Å²) in [6.07, 6.45) is 3.17. The smallest absolute Gasteiger partial charge is 0.282 e. The van der Waals surface area contributed by atoms with Gasteiger partial charge in [0.25, 0.3) is 5.91 Å². The van der Waals surface area contributed by atoms with E-state index < -0.39 is 0 Å². The SMILES string of the molecule is COc1ccccc1C1=N/C(=C/c2ccco2)C(=O)N1c1ccc(Cl)cc1. The summed E-state index contributed by atoms with van der Waals surface area (Å²) in [5.74, 6) is 1.41. The number of carbonyl (C=O) groups is 1. The molecule has 0 saturated carbocycles. The zero-order chi connectivity index (χ0) is 18.8. The second-order valence-corrected chi connectivity index (χ2v) is 6.23. The molecule has 0 fully saturated rings. The number of ether oxygens (including phenoxy) is 1. The number of hydrogen-bond donors (Lipinski definition) is 0. The molecule has 5 nitrogen and oxygen atoms in total. The quantitative estimate of drug-likeness (QED) is 0.614. The second kappa shape index (κ2) is 7.13. The Morgan fingerprint density at radius 3 is 2.56 bits per heavy atom. The van der Waals surface area contributed by atoms with Gasteiger partial charge in [0, 0.05) is 11.1 Å². The Kier molecular flexibility index (Phi) is 4.52. The van der Waals surface area contributed by atoms with Gasteiger partial charge in [0.2, 0.25) is 0 Å². The number of aliphatic imine (C=N–C) groups is 1. The van der Waals surface area contributed by atoms with E-state index in [1.165, 1.54) is 0 Å². The van der Waals surface area contributed by atoms with Crippen LogP contribution in [0.3, 0.4) is 0 Å². The van der Waals surface area contributed by atoms with Crippen LogP contribution in [0.2, 0.25) is 5.02 Å². The van der Waals surface area contributed by atoms with E-state index in [1.807, 2.05) is 24.3 Å². The molecule has 2 heterocycles. The lowest BCUT2D eigenvalue weighted by atomic mass is 10.1. The molecule has 4 rings (SSSR count). The Morgan fingerprint density at radius 2 is 1.85 bits per heavy atom. The number of para-hydroxylation sites is 1. The molecule has 0 N–H and O–H groups in total. The molecule has 3 aromatic rings. The Morgan fingerprint density at radius 1 is 1.07 bits per heavy atom. The maximum Gasteiger partial charge on any atom is 0.282 e. The van der Waals surface area contributed by atoms with Crippen molar-refractivity contribution in [3.63, 3.8) is 0 Å². The molecule has 0 bridgehead atoms. The van der Waals surface area contributed by atoms with Crippen molar-refractivity contribution in [3.8, 4) is 5.75 Å². The first-order valence-electron chi connectivity index (χ1n) is 8.24. The van der Waals surface area contributed by atoms with E-state index in [9.17, 15) is 4.79 Å². The summed E-state index contributed by atoms with van der Waals surface area (Å²) in [7, 11) is 1.59. The molecule has 1 aliphatic rings. The van der Waals surface area contributed by atoms with E-state index >= 15 is 0 Å². The van der Waals surface area contributed by atoms with Gasteiger partial charge in [-0.15, -0.1) is 0 Å². The van der Waals surface area contributed by atoms with Crippen LogP contribution in [0.5, 0.6) is 5.75 Å². The average molecular weight is 379 g/mol. The number of furan rings is 1. The van der Waals surface area contributed by atoms with E-state index in [0.29, 0.717) is 33.6 Å². The lowest BCUT2D eigenvalue weighted by Gasteiger charge is -2.19. The summed E-state index contributed by atoms with van der Waals surface area (Å²) in [5, 5.41) is 0.590. The maximum atomic E-state index is 13.1. The second-order valence-electron chi connectivity index (χ2n) is 5.80. The minimum atomic E-state index is -0.255. The molecule has 0 atom stereocenters. The molecule has 0 unspecified atom stereocenters. The number of amides is 1. The predicted molar refractivity (Wildman–Crippen MR) is 105 cm³/mol. The molecule has 1 aromatic heterocycles. The van der Waals surface area contributed by atoms with Crippen LogP contribution < -0.4 is 9.64 Å². The van der Waals surface area contributed by atoms with Crippen LogP contribution in [0, 0.1) is 0 Å². The van der Waals surface area contributed by atoms with Crippen LogP contribution in [0.1, 0.15) is 11.3 Å². The lowest BCUT2D eigenvalue weighted by molar-refractivity contribution is -0.113. The largest absolute Gasteiger partial charge is 0.496 e. The normalized spacial score (nSPS) is 15.3. The van der Waals surface area contributed by atoms with Crippen molar-refractivity contribution in [1.82, 2.24) is 0 Å². The molecule has 0 saturated heterocycles. The van der Waals surface area contributed by atoms with Crippen molar-refractivity contribution in [3.05, 3.63) is 89.0 Å².